The molecule has 240 valence electrons. The SMILES string of the molecule is C=C/C(=C\C=C/C)N(c1ccccc1)c1ccc2c(c1)N1c3ccccc3Cc3cccc(c31)B2c1cccc2c1N(C)c1ccccc1C2. The van der Waals surface area contributed by atoms with E-state index in [0.29, 0.717) is 0 Å². The first kappa shape index (κ1) is 30.1. The first-order chi connectivity index (χ1) is 24.7. The zero-order valence-electron chi connectivity index (χ0n) is 28.6. The van der Waals surface area contributed by atoms with Crippen LogP contribution in [0.15, 0.2) is 170 Å². The van der Waals surface area contributed by atoms with E-state index in [-0.39, 0.29) is 6.71 Å². The summed E-state index contributed by atoms with van der Waals surface area (Å²) in [6.07, 6.45) is 10.1. The van der Waals surface area contributed by atoms with Gasteiger partial charge in [0.2, 0.25) is 6.71 Å². The summed E-state index contributed by atoms with van der Waals surface area (Å²) in [5, 5.41) is 0. The molecule has 3 aliphatic rings. The molecule has 0 saturated carbocycles. The molecule has 0 aliphatic carbocycles. The standard InChI is InChI=1S/C46H38BN3/c1-4-6-20-36(5-2)49(37-21-8-7-9-22-37)38-27-28-39-44(31-38)50-43-26-13-11-17-33(43)30-35-19-15-24-41(46(35)50)47(39)40-23-14-18-34-29-32-16-10-12-25-42(32)48(3)45(34)40/h4-28,31H,2,29-30H2,1,3H3/b6-4-,36-20+. The predicted octanol–water partition coefficient (Wildman–Crippen LogP) is 9.35. The third-order valence-corrected chi connectivity index (χ3v) is 10.6. The van der Waals surface area contributed by atoms with Gasteiger partial charge in [-0.3, -0.25) is 0 Å². The van der Waals surface area contributed by atoms with Crippen LogP contribution in [0.2, 0.25) is 0 Å². The van der Waals surface area contributed by atoms with Gasteiger partial charge in [-0.25, -0.2) is 0 Å². The molecule has 0 atom stereocenters. The van der Waals surface area contributed by atoms with Crippen molar-refractivity contribution in [2.45, 2.75) is 19.8 Å². The zero-order chi connectivity index (χ0) is 33.8. The van der Waals surface area contributed by atoms with Crippen LogP contribution in [0, 0.1) is 0 Å². The van der Waals surface area contributed by atoms with Gasteiger partial charge in [0.1, 0.15) is 0 Å². The average Bonchev–Trinajstić information content (AvgIpc) is 3.16. The van der Waals surface area contributed by atoms with Crippen molar-refractivity contribution in [3.63, 3.8) is 0 Å². The Bertz CT molecular complexity index is 2350. The predicted molar refractivity (Wildman–Crippen MR) is 214 cm³/mol. The number of hydrogen-bond donors (Lipinski definition) is 0. The third-order valence-electron chi connectivity index (χ3n) is 10.6. The van der Waals surface area contributed by atoms with Crippen molar-refractivity contribution in [2.75, 3.05) is 21.7 Å². The fourth-order valence-corrected chi connectivity index (χ4v) is 8.49. The number of hydrogen-bond acceptors (Lipinski definition) is 3. The fourth-order valence-electron chi connectivity index (χ4n) is 8.49. The van der Waals surface area contributed by atoms with E-state index in [0.717, 1.165) is 29.9 Å². The minimum Gasteiger partial charge on any atom is -0.345 e. The molecule has 0 fully saturated rings. The topological polar surface area (TPSA) is 9.72 Å². The van der Waals surface area contributed by atoms with E-state index in [1.807, 2.05) is 13.0 Å². The normalized spacial score (nSPS) is 14.0. The Morgan fingerprint density at radius 2 is 1.24 bits per heavy atom. The molecule has 0 aromatic heterocycles. The molecular weight excluding hydrogens is 605 g/mol. The van der Waals surface area contributed by atoms with Crippen LogP contribution in [-0.4, -0.2) is 13.8 Å². The number of rotatable bonds is 6. The zero-order valence-corrected chi connectivity index (χ0v) is 28.6. The van der Waals surface area contributed by atoms with Crippen molar-refractivity contribution in [1.29, 1.82) is 0 Å². The Kier molecular flexibility index (Phi) is 7.32. The Hall–Kier alpha value is -6.00. The van der Waals surface area contributed by atoms with Crippen molar-refractivity contribution in [2.24, 2.45) is 0 Å². The average molecular weight is 644 g/mol. The van der Waals surface area contributed by atoms with Crippen LogP contribution in [-0.2, 0) is 12.8 Å². The molecule has 9 rings (SSSR count). The molecule has 0 N–H and O–H groups in total. The molecule has 0 spiro atoms. The molecule has 4 heteroatoms. The van der Waals surface area contributed by atoms with E-state index in [9.17, 15) is 0 Å². The Labute approximate surface area is 295 Å². The van der Waals surface area contributed by atoms with Gasteiger partial charge in [0.15, 0.2) is 0 Å². The minimum absolute atomic E-state index is 0.0563. The van der Waals surface area contributed by atoms with Gasteiger partial charge in [0, 0.05) is 65.4 Å². The molecule has 0 radical (unpaired) electrons. The van der Waals surface area contributed by atoms with Crippen molar-refractivity contribution in [3.05, 3.63) is 192 Å². The van der Waals surface area contributed by atoms with Gasteiger partial charge in [0.25, 0.3) is 0 Å². The highest BCUT2D eigenvalue weighted by Crippen LogP contribution is 2.46. The van der Waals surface area contributed by atoms with Crippen LogP contribution in [0.25, 0.3) is 0 Å². The highest BCUT2D eigenvalue weighted by molar-refractivity contribution is 6.99. The Morgan fingerprint density at radius 3 is 1.96 bits per heavy atom. The molecule has 0 amide bonds. The third kappa shape index (κ3) is 4.67. The molecule has 3 aliphatic heterocycles. The lowest BCUT2D eigenvalue weighted by atomic mass is 9.34. The summed E-state index contributed by atoms with van der Waals surface area (Å²) in [6, 6.07) is 49.3. The number of para-hydroxylation sites is 5. The van der Waals surface area contributed by atoms with Crippen molar-refractivity contribution < 1.29 is 0 Å². The quantitative estimate of drug-likeness (QED) is 0.132. The van der Waals surface area contributed by atoms with E-state index in [4.69, 9.17) is 0 Å². The fraction of sp³-hybridized carbons (Fsp3) is 0.0870. The smallest absolute Gasteiger partial charge is 0.249 e. The lowest BCUT2D eigenvalue weighted by molar-refractivity contribution is 1.06. The Balaban J connectivity index is 1.31. The number of anilines is 7. The van der Waals surface area contributed by atoms with Crippen LogP contribution < -0.4 is 31.1 Å². The lowest BCUT2D eigenvalue weighted by Crippen LogP contribution is -2.59. The summed E-state index contributed by atoms with van der Waals surface area (Å²) in [6.45, 7) is 6.34. The maximum absolute atomic E-state index is 4.24. The number of allylic oxidation sites excluding steroid dienone is 4. The molecule has 50 heavy (non-hydrogen) atoms. The molecule has 6 aromatic rings. The van der Waals surface area contributed by atoms with Crippen molar-refractivity contribution in [1.82, 2.24) is 0 Å². The van der Waals surface area contributed by atoms with Gasteiger partial charge in [-0.15, -0.1) is 0 Å². The van der Waals surface area contributed by atoms with Crippen LogP contribution >= 0.6 is 0 Å². The van der Waals surface area contributed by atoms with E-state index >= 15 is 0 Å². The van der Waals surface area contributed by atoms with Crippen LogP contribution in [0.4, 0.5) is 39.8 Å². The van der Waals surface area contributed by atoms with Gasteiger partial charge in [-0.1, -0.05) is 116 Å². The summed E-state index contributed by atoms with van der Waals surface area (Å²) in [7, 11) is 2.24. The summed E-state index contributed by atoms with van der Waals surface area (Å²) < 4.78 is 0. The maximum Gasteiger partial charge on any atom is 0.249 e. The first-order valence-corrected chi connectivity index (χ1v) is 17.5. The van der Waals surface area contributed by atoms with Crippen molar-refractivity contribution >= 4 is 62.9 Å². The van der Waals surface area contributed by atoms with Gasteiger partial charge in [-0.05, 0) is 94.1 Å². The largest absolute Gasteiger partial charge is 0.345 e. The summed E-state index contributed by atoms with van der Waals surface area (Å²) in [5.41, 5.74) is 19.1. The Morgan fingerprint density at radius 1 is 0.620 bits per heavy atom. The first-order valence-electron chi connectivity index (χ1n) is 17.5. The lowest BCUT2D eigenvalue weighted by Gasteiger charge is -2.43. The van der Waals surface area contributed by atoms with Crippen LogP contribution in [0.3, 0.4) is 0 Å². The molecule has 0 unspecified atom stereocenters. The van der Waals surface area contributed by atoms with E-state index in [2.05, 4.69) is 180 Å². The molecule has 0 saturated heterocycles. The van der Waals surface area contributed by atoms with E-state index in [1.54, 1.807) is 0 Å². The van der Waals surface area contributed by atoms with Gasteiger partial charge in [-0.2, -0.15) is 0 Å². The summed E-state index contributed by atoms with van der Waals surface area (Å²) in [5.74, 6) is 0. The van der Waals surface area contributed by atoms with E-state index < -0.39 is 0 Å². The second-order valence-corrected chi connectivity index (χ2v) is 13.4. The van der Waals surface area contributed by atoms with E-state index in [1.165, 1.54) is 67.1 Å². The summed E-state index contributed by atoms with van der Waals surface area (Å²) in [4.78, 5) is 7.28. The van der Waals surface area contributed by atoms with Crippen LogP contribution in [0.5, 0.6) is 0 Å². The minimum atomic E-state index is 0.0563. The number of nitrogens with zero attached hydrogens (tertiary/aromatic N) is 3. The van der Waals surface area contributed by atoms with Gasteiger partial charge < -0.3 is 14.7 Å². The van der Waals surface area contributed by atoms with Crippen molar-refractivity contribution in [3.8, 4) is 0 Å². The molecule has 3 nitrogen and oxygen atoms in total. The number of benzene rings is 6. The van der Waals surface area contributed by atoms with Gasteiger partial charge in [0.05, 0.1) is 0 Å². The maximum atomic E-state index is 4.24. The molecule has 3 heterocycles. The highest BCUT2D eigenvalue weighted by Gasteiger charge is 2.41. The monoisotopic (exact) mass is 643 g/mol. The number of fused-ring (bicyclic) bond motifs is 6. The second kappa shape index (κ2) is 12.2. The molecule has 6 aromatic carbocycles. The summed E-state index contributed by atoms with van der Waals surface area (Å²) >= 11 is 0. The molecule has 0 bridgehead atoms. The highest BCUT2D eigenvalue weighted by atomic mass is 15.2. The van der Waals surface area contributed by atoms with Crippen LogP contribution in [0.1, 0.15) is 29.2 Å². The molecular formula is C46H38BN3. The second-order valence-electron chi connectivity index (χ2n) is 13.4. The van der Waals surface area contributed by atoms with Gasteiger partial charge >= 0.3 is 0 Å².